The predicted octanol–water partition coefficient (Wildman–Crippen LogP) is 6.83. The Morgan fingerprint density at radius 3 is 1.86 bits per heavy atom. The lowest BCUT2D eigenvalue weighted by Gasteiger charge is -2.25. The van der Waals surface area contributed by atoms with Crippen molar-refractivity contribution in [1.82, 2.24) is 0 Å². The van der Waals surface area contributed by atoms with Crippen LogP contribution in [0, 0.1) is 0 Å². The summed E-state index contributed by atoms with van der Waals surface area (Å²) in [6.45, 7) is 0.0402. The molecule has 0 spiro atoms. The second-order valence-electron chi connectivity index (χ2n) is 9.97. The minimum absolute atomic E-state index is 0.0402. The fraction of sp³-hybridized carbons (Fsp3) is 0.200. The van der Waals surface area contributed by atoms with Crippen LogP contribution in [0.2, 0.25) is 0 Å². The third-order valence-electron chi connectivity index (χ3n) is 7.24. The standard InChI is InChI=1S/C30H26O10P2/c31-41(32)38-24-17-9-7-15-22(24)27-28(23-16-8-10-18-25(23)39-41)35-29-26(19-34-30(27)29)40-42(33,36-20-11-3-1-4-12-20)37-21-13-5-2-6-14-21/h1-18,26-30H,19H2,(H,31,32). The Morgan fingerprint density at radius 2 is 1.24 bits per heavy atom. The van der Waals surface area contributed by atoms with E-state index in [-0.39, 0.29) is 18.1 Å². The van der Waals surface area contributed by atoms with E-state index >= 15 is 0 Å². The van der Waals surface area contributed by atoms with Crippen LogP contribution in [0.4, 0.5) is 0 Å². The van der Waals surface area contributed by atoms with Gasteiger partial charge in [-0.3, -0.25) is 9.42 Å². The molecule has 0 saturated carbocycles. The van der Waals surface area contributed by atoms with Crippen molar-refractivity contribution in [1.29, 1.82) is 0 Å². The zero-order valence-electron chi connectivity index (χ0n) is 22.0. The highest BCUT2D eigenvalue weighted by Gasteiger charge is 2.57. The van der Waals surface area contributed by atoms with Gasteiger partial charge in [-0.2, -0.15) is 0 Å². The summed E-state index contributed by atoms with van der Waals surface area (Å²) in [5.41, 5.74) is 1.15. The van der Waals surface area contributed by atoms with Crippen molar-refractivity contribution in [3.63, 3.8) is 0 Å². The Bertz CT molecular complexity index is 1620. The maximum atomic E-state index is 14.2. The minimum atomic E-state index is -4.52. The second-order valence-corrected chi connectivity index (χ2v) is 12.7. The van der Waals surface area contributed by atoms with E-state index in [9.17, 15) is 14.0 Å². The van der Waals surface area contributed by atoms with Gasteiger partial charge in [0.05, 0.1) is 18.8 Å². The molecule has 3 heterocycles. The number of hydrogen-bond donors (Lipinski definition) is 1. The quantitative estimate of drug-likeness (QED) is 0.233. The van der Waals surface area contributed by atoms with E-state index in [0.29, 0.717) is 22.6 Å². The number of ether oxygens (including phenoxy) is 2. The van der Waals surface area contributed by atoms with E-state index in [4.69, 9.17) is 32.1 Å². The summed E-state index contributed by atoms with van der Waals surface area (Å²) in [5, 5.41) is 0. The third kappa shape index (κ3) is 5.34. The molecule has 4 aromatic carbocycles. The van der Waals surface area contributed by atoms with Crippen molar-refractivity contribution in [2.45, 2.75) is 30.3 Å². The molecule has 0 bridgehead atoms. The van der Waals surface area contributed by atoms with E-state index in [1.165, 1.54) is 0 Å². The molecule has 6 atom stereocenters. The highest BCUT2D eigenvalue weighted by Crippen LogP contribution is 2.59. The van der Waals surface area contributed by atoms with Crippen LogP contribution in [0.25, 0.3) is 0 Å². The van der Waals surface area contributed by atoms with Gasteiger partial charge in [-0.15, -0.1) is 0 Å². The molecule has 42 heavy (non-hydrogen) atoms. The zero-order valence-corrected chi connectivity index (χ0v) is 23.8. The largest absolute Gasteiger partial charge is 0.588 e. The molecule has 0 radical (unpaired) electrons. The van der Waals surface area contributed by atoms with Gasteiger partial charge in [0.1, 0.15) is 35.2 Å². The number of rotatable bonds is 6. The van der Waals surface area contributed by atoms with Gasteiger partial charge in [-0.05, 0) is 36.4 Å². The van der Waals surface area contributed by atoms with Gasteiger partial charge in [-0.25, -0.2) is 9.13 Å². The Morgan fingerprint density at radius 1 is 0.714 bits per heavy atom. The highest BCUT2D eigenvalue weighted by molar-refractivity contribution is 7.49. The Kier molecular flexibility index (Phi) is 7.06. The average Bonchev–Trinajstić information content (AvgIpc) is 3.54. The molecular formula is C30H26O10P2. The lowest BCUT2D eigenvalue weighted by Crippen LogP contribution is -2.31. The van der Waals surface area contributed by atoms with E-state index in [2.05, 4.69) is 0 Å². The number of para-hydroxylation sites is 4. The molecule has 3 aliphatic heterocycles. The monoisotopic (exact) mass is 608 g/mol. The first kappa shape index (κ1) is 27.2. The fourth-order valence-corrected chi connectivity index (χ4v) is 7.82. The van der Waals surface area contributed by atoms with Crippen molar-refractivity contribution in [3.8, 4) is 23.0 Å². The topological polar surface area (TPSA) is 119 Å². The number of fused-ring (bicyclic) bond motifs is 7. The number of hydrogen-bond acceptors (Lipinski definition) is 9. The molecule has 10 nitrogen and oxygen atoms in total. The highest BCUT2D eigenvalue weighted by atomic mass is 31.2. The summed E-state index contributed by atoms with van der Waals surface area (Å²) in [5.74, 6) is 0.459. The molecule has 216 valence electrons. The van der Waals surface area contributed by atoms with E-state index < -0.39 is 46.0 Å². The first-order valence-corrected chi connectivity index (χ1v) is 16.3. The van der Waals surface area contributed by atoms with Crippen LogP contribution in [-0.4, -0.2) is 29.8 Å². The first-order chi connectivity index (χ1) is 20.4. The number of phosphoric acid groups is 2. The lowest BCUT2D eigenvalue weighted by atomic mass is 9.85. The molecule has 0 aliphatic carbocycles. The van der Waals surface area contributed by atoms with Crippen molar-refractivity contribution in [3.05, 3.63) is 120 Å². The minimum Gasteiger partial charge on any atom is -0.395 e. The Balaban J connectivity index is 1.24. The van der Waals surface area contributed by atoms with Crippen molar-refractivity contribution < 1.29 is 46.1 Å². The molecule has 4 aromatic rings. The first-order valence-electron chi connectivity index (χ1n) is 13.3. The normalized spacial score (nSPS) is 27.9. The van der Waals surface area contributed by atoms with Gasteiger partial charge in [0.2, 0.25) is 0 Å². The molecule has 2 fully saturated rings. The smallest absolute Gasteiger partial charge is 0.395 e. The fourth-order valence-electron chi connectivity index (χ4n) is 5.56. The summed E-state index contributed by atoms with van der Waals surface area (Å²) < 4.78 is 68.7. The van der Waals surface area contributed by atoms with Crippen LogP contribution in [-0.2, 0) is 23.1 Å². The summed E-state index contributed by atoms with van der Waals surface area (Å²) in [6, 6.07) is 31.0. The van der Waals surface area contributed by atoms with Crippen molar-refractivity contribution in [2.75, 3.05) is 6.61 Å². The van der Waals surface area contributed by atoms with Gasteiger partial charge in [0.25, 0.3) is 0 Å². The van der Waals surface area contributed by atoms with E-state index in [1.54, 1.807) is 97.1 Å². The lowest BCUT2D eigenvalue weighted by molar-refractivity contribution is -0.0204. The van der Waals surface area contributed by atoms with Crippen LogP contribution >= 0.6 is 15.6 Å². The van der Waals surface area contributed by atoms with Gasteiger partial charge >= 0.3 is 15.6 Å². The molecule has 7 rings (SSSR count). The number of benzene rings is 4. The van der Waals surface area contributed by atoms with Crippen LogP contribution in [0.15, 0.2) is 109 Å². The molecule has 0 amide bonds. The molecule has 6 unspecified atom stereocenters. The van der Waals surface area contributed by atoms with Gasteiger partial charge < -0.3 is 27.6 Å². The zero-order chi connectivity index (χ0) is 28.7. The van der Waals surface area contributed by atoms with Gasteiger partial charge in [0, 0.05) is 17.0 Å². The van der Waals surface area contributed by atoms with Gasteiger partial charge in [-0.1, -0.05) is 72.8 Å². The average molecular weight is 608 g/mol. The molecule has 1 N–H and O–H groups in total. The van der Waals surface area contributed by atoms with Crippen molar-refractivity contribution >= 4 is 15.6 Å². The summed E-state index contributed by atoms with van der Waals surface area (Å²) >= 11 is 0. The summed E-state index contributed by atoms with van der Waals surface area (Å²) in [7, 11) is -8.77. The summed E-state index contributed by atoms with van der Waals surface area (Å²) in [4.78, 5) is 10.5. The van der Waals surface area contributed by atoms with E-state index in [0.717, 1.165) is 0 Å². The molecule has 2 saturated heterocycles. The Labute approximate surface area is 241 Å². The maximum absolute atomic E-state index is 14.2. The molecule has 3 aliphatic rings. The van der Waals surface area contributed by atoms with Crippen LogP contribution in [0.1, 0.15) is 23.1 Å². The Hall–Kier alpha value is -3.62. The SMILES string of the molecule is O=P1(O)Oc2ccccc2C2OC3C(OP(=O)(Oc4ccccc4)Oc4ccccc4)COC3C2c2ccccc2O1. The maximum Gasteiger partial charge on any atom is 0.588 e. The third-order valence-corrected chi connectivity index (χ3v) is 9.50. The summed E-state index contributed by atoms with van der Waals surface area (Å²) in [6.07, 6.45) is -2.80. The van der Waals surface area contributed by atoms with E-state index in [1.807, 2.05) is 12.1 Å². The van der Waals surface area contributed by atoms with Crippen molar-refractivity contribution in [2.24, 2.45) is 0 Å². The van der Waals surface area contributed by atoms with Gasteiger partial charge in [0.15, 0.2) is 0 Å². The molecule has 12 heteroatoms. The molecular weight excluding hydrogens is 582 g/mol. The second kappa shape index (κ2) is 10.9. The van der Waals surface area contributed by atoms with Crippen LogP contribution < -0.4 is 18.1 Å². The van der Waals surface area contributed by atoms with Crippen LogP contribution in [0.3, 0.4) is 0 Å². The number of phosphoric ester groups is 2. The molecule has 0 aromatic heterocycles. The predicted molar refractivity (Wildman–Crippen MR) is 151 cm³/mol. The van der Waals surface area contributed by atoms with Crippen LogP contribution in [0.5, 0.6) is 23.0 Å².